The summed E-state index contributed by atoms with van der Waals surface area (Å²) in [6, 6.07) is 11.2. The van der Waals surface area contributed by atoms with E-state index in [1.807, 2.05) is 65.0 Å². The fourth-order valence-corrected chi connectivity index (χ4v) is 3.46. The maximum Gasteiger partial charge on any atom is 0.261 e. The molecule has 2 rings (SSSR count). The molecule has 0 radical (unpaired) electrons. The maximum absolute atomic E-state index is 13.2. The molecule has 0 aliphatic carbocycles. The van der Waals surface area contributed by atoms with Gasteiger partial charge in [0.15, 0.2) is 6.61 Å². The number of rotatable bonds is 9. The predicted molar refractivity (Wildman–Crippen MR) is 128 cm³/mol. The second-order valence-electron chi connectivity index (χ2n) is 8.46. The summed E-state index contributed by atoms with van der Waals surface area (Å²) < 4.78 is 6.86. The van der Waals surface area contributed by atoms with Gasteiger partial charge in [-0.1, -0.05) is 48.0 Å². The van der Waals surface area contributed by atoms with Crippen molar-refractivity contribution in [2.24, 2.45) is 5.92 Å². The Morgan fingerprint density at radius 1 is 1.06 bits per heavy atom. The monoisotopic (exact) mass is 488 g/mol. The summed E-state index contributed by atoms with van der Waals surface area (Å²) in [6.45, 7) is 12.6. The van der Waals surface area contributed by atoms with Crippen LogP contribution in [0.4, 0.5) is 0 Å². The standard InChI is InChI=1S/C25H33BrN2O3/c1-16(2)13-27-25(30)20(6)28(14-21-7-9-22(26)10-8-21)24(29)15-31-23-12-17(3)11-18(4)19(23)5/h7-12,16,20H,13-15H2,1-6H3,(H,27,30). The lowest BCUT2D eigenvalue weighted by molar-refractivity contribution is -0.142. The Bertz CT molecular complexity index is 910. The van der Waals surface area contributed by atoms with Crippen LogP contribution in [0.3, 0.4) is 0 Å². The van der Waals surface area contributed by atoms with E-state index in [-0.39, 0.29) is 18.4 Å². The summed E-state index contributed by atoms with van der Waals surface area (Å²) in [5.41, 5.74) is 4.16. The topological polar surface area (TPSA) is 58.6 Å². The lowest BCUT2D eigenvalue weighted by atomic mass is 10.1. The van der Waals surface area contributed by atoms with Crippen molar-refractivity contribution in [3.05, 3.63) is 63.1 Å². The van der Waals surface area contributed by atoms with Crippen molar-refractivity contribution in [1.29, 1.82) is 0 Å². The molecule has 5 nitrogen and oxygen atoms in total. The van der Waals surface area contributed by atoms with E-state index in [1.165, 1.54) is 0 Å². The molecule has 0 aliphatic rings. The van der Waals surface area contributed by atoms with E-state index in [0.717, 1.165) is 26.7 Å². The maximum atomic E-state index is 13.2. The van der Waals surface area contributed by atoms with Crippen LogP contribution in [0, 0.1) is 26.7 Å². The van der Waals surface area contributed by atoms with Crippen LogP contribution in [0.2, 0.25) is 0 Å². The molecule has 31 heavy (non-hydrogen) atoms. The molecule has 1 N–H and O–H groups in total. The number of carbonyl (C=O) groups excluding carboxylic acids is 2. The third-order valence-corrected chi connectivity index (χ3v) is 5.76. The second-order valence-corrected chi connectivity index (χ2v) is 9.37. The summed E-state index contributed by atoms with van der Waals surface area (Å²) >= 11 is 3.43. The third kappa shape index (κ3) is 7.39. The van der Waals surface area contributed by atoms with E-state index in [9.17, 15) is 9.59 Å². The van der Waals surface area contributed by atoms with Gasteiger partial charge in [-0.3, -0.25) is 9.59 Å². The molecule has 2 aromatic carbocycles. The minimum Gasteiger partial charge on any atom is -0.483 e. The zero-order valence-electron chi connectivity index (χ0n) is 19.3. The first kappa shape index (κ1) is 24.9. The van der Waals surface area contributed by atoms with Gasteiger partial charge in [0.05, 0.1) is 0 Å². The van der Waals surface area contributed by atoms with Gasteiger partial charge in [0.1, 0.15) is 11.8 Å². The number of nitrogens with one attached hydrogen (secondary N) is 1. The molecule has 168 valence electrons. The number of amides is 2. The van der Waals surface area contributed by atoms with E-state index < -0.39 is 6.04 Å². The van der Waals surface area contributed by atoms with Crippen LogP contribution in [0.5, 0.6) is 5.75 Å². The Kier molecular flexibility index (Phi) is 9.11. The van der Waals surface area contributed by atoms with E-state index in [0.29, 0.717) is 24.8 Å². The normalized spacial score (nSPS) is 11.9. The van der Waals surface area contributed by atoms with Crippen molar-refractivity contribution in [2.75, 3.05) is 13.2 Å². The highest BCUT2D eigenvalue weighted by molar-refractivity contribution is 9.10. The first-order valence-electron chi connectivity index (χ1n) is 10.6. The molecule has 2 amide bonds. The van der Waals surface area contributed by atoms with Crippen molar-refractivity contribution in [3.63, 3.8) is 0 Å². The Morgan fingerprint density at radius 3 is 2.32 bits per heavy atom. The number of ether oxygens (including phenoxy) is 1. The molecule has 1 unspecified atom stereocenters. The number of aryl methyl sites for hydroxylation is 2. The van der Waals surface area contributed by atoms with Crippen LogP contribution in [-0.4, -0.2) is 35.9 Å². The van der Waals surface area contributed by atoms with Gasteiger partial charge in [0.2, 0.25) is 5.91 Å². The number of nitrogens with zero attached hydrogens (tertiary/aromatic N) is 1. The number of benzene rings is 2. The smallest absolute Gasteiger partial charge is 0.261 e. The quantitative estimate of drug-likeness (QED) is 0.543. The largest absolute Gasteiger partial charge is 0.483 e. The molecule has 1 atom stereocenters. The zero-order valence-corrected chi connectivity index (χ0v) is 20.9. The Balaban J connectivity index is 2.18. The van der Waals surface area contributed by atoms with Gasteiger partial charge in [-0.2, -0.15) is 0 Å². The molecule has 0 aromatic heterocycles. The molecule has 0 fully saturated rings. The van der Waals surface area contributed by atoms with Crippen LogP contribution in [0.15, 0.2) is 40.9 Å². The lowest BCUT2D eigenvalue weighted by Gasteiger charge is -2.29. The number of hydrogen-bond donors (Lipinski definition) is 1. The highest BCUT2D eigenvalue weighted by Gasteiger charge is 2.26. The average molecular weight is 489 g/mol. The van der Waals surface area contributed by atoms with Crippen molar-refractivity contribution >= 4 is 27.7 Å². The van der Waals surface area contributed by atoms with Gasteiger partial charge in [0.25, 0.3) is 5.91 Å². The van der Waals surface area contributed by atoms with Gasteiger partial charge in [-0.05, 0) is 74.1 Å². The predicted octanol–water partition coefficient (Wildman–Crippen LogP) is 4.94. The first-order valence-corrected chi connectivity index (χ1v) is 11.4. The molecule has 2 aromatic rings. The molecule has 0 saturated carbocycles. The van der Waals surface area contributed by atoms with Crippen LogP contribution in [-0.2, 0) is 16.1 Å². The van der Waals surface area contributed by atoms with Crippen molar-refractivity contribution < 1.29 is 14.3 Å². The zero-order chi connectivity index (χ0) is 23.1. The number of hydrogen-bond acceptors (Lipinski definition) is 3. The molecular weight excluding hydrogens is 456 g/mol. The van der Waals surface area contributed by atoms with Crippen LogP contribution < -0.4 is 10.1 Å². The summed E-state index contributed by atoms with van der Waals surface area (Å²) in [5, 5.41) is 2.93. The van der Waals surface area contributed by atoms with Gasteiger partial charge < -0.3 is 15.0 Å². The number of halogens is 1. The van der Waals surface area contributed by atoms with Crippen molar-refractivity contribution in [3.8, 4) is 5.75 Å². The molecule has 6 heteroatoms. The van der Waals surface area contributed by atoms with Gasteiger partial charge >= 0.3 is 0 Å². The summed E-state index contributed by atoms with van der Waals surface area (Å²) in [5.74, 6) is 0.643. The van der Waals surface area contributed by atoms with Crippen molar-refractivity contribution in [2.45, 2.75) is 54.1 Å². The van der Waals surface area contributed by atoms with Crippen LogP contribution >= 0.6 is 15.9 Å². The number of carbonyl (C=O) groups is 2. The van der Waals surface area contributed by atoms with E-state index in [4.69, 9.17) is 4.74 Å². The highest BCUT2D eigenvalue weighted by Crippen LogP contribution is 2.23. The molecule has 0 spiro atoms. The highest BCUT2D eigenvalue weighted by atomic mass is 79.9. The molecule has 0 saturated heterocycles. The Labute approximate surface area is 194 Å². The SMILES string of the molecule is Cc1cc(C)c(C)c(OCC(=O)N(Cc2ccc(Br)cc2)C(C)C(=O)NCC(C)C)c1. The first-order chi connectivity index (χ1) is 14.6. The minimum absolute atomic E-state index is 0.123. The Hall–Kier alpha value is -2.34. The third-order valence-electron chi connectivity index (χ3n) is 5.23. The van der Waals surface area contributed by atoms with Crippen LogP contribution in [0.1, 0.15) is 43.0 Å². The van der Waals surface area contributed by atoms with Crippen molar-refractivity contribution in [1.82, 2.24) is 10.2 Å². The van der Waals surface area contributed by atoms with Crippen LogP contribution in [0.25, 0.3) is 0 Å². The van der Waals surface area contributed by atoms with E-state index >= 15 is 0 Å². The average Bonchev–Trinajstić information content (AvgIpc) is 2.72. The van der Waals surface area contributed by atoms with E-state index in [2.05, 4.69) is 27.3 Å². The van der Waals surface area contributed by atoms with Gasteiger partial charge in [0, 0.05) is 17.6 Å². The molecular formula is C25H33BrN2O3. The fourth-order valence-electron chi connectivity index (χ4n) is 3.19. The van der Waals surface area contributed by atoms with Gasteiger partial charge in [-0.25, -0.2) is 0 Å². The van der Waals surface area contributed by atoms with Gasteiger partial charge in [-0.15, -0.1) is 0 Å². The molecule has 0 bridgehead atoms. The lowest BCUT2D eigenvalue weighted by Crippen LogP contribution is -2.49. The second kappa shape index (κ2) is 11.3. The van der Waals surface area contributed by atoms with E-state index in [1.54, 1.807) is 11.8 Å². The molecule has 0 aliphatic heterocycles. The summed E-state index contributed by atoms with van der Waals surface area (Å²) in [7, 11) is 0. The fraction of sp³-hybridized carbons (Fsp3) is 0.440. The Morgan fingerprint density at radius 2 is 1.71 bits per heavy atom. The minimum atomic E-state index is -0.612. The summed E-state index contributed by atoms with van der Waals surface area (Å²) in [6.07, 6.45) is 0. The summed E-state index contributed by atoms with van der Waals surface area (Å²) in [4.78, 5) is 27.4. The molecule has 0 heterocycles.